The number of carbonyl (C=O) groups is 5. The molecule has 1 aliphatic rings. The van der Waals surface area contributed by atoms with E-state index in [1.165, 1.54) is 14.2 Å². The van der Waals surface area contributed by atoms with Gasteiger partial charge in [-0.2, -0.15) is 0 Å². The van der Waals surface area contributed by atoms with E-state index in [0.717, 1.165) is 11.1 Å². The maximum absolute atomic E-state index is 14.2. The number of benzene rings is 1. The maximum Gasteiger partial charge on any atom is 0.326 e. The second kappa shape index (κ2) is 21.2. The first-order valence-electron chi connectivity index (χ1n) is 18.8. The van der Waals surface area contributed by atoms with Gasteiger partial charge in [0.2, 0.25) is 23.6 Å². The fourth-order valence-corrected chi connectivity index (χ4v) is 7.35. The summed E-state index contributed by atoms with van der Waals surface area (Å²) < 4.78 is 11.8. The minimum atomic E-state index is -1.15. The van der Waals surface area contributed by atoms with Crippen molar-refractivity contribution in [2.45, 2.75) is 117 Å². The lowest BCUT2D eigenvalue weighted by molar-refractivity contribution is -0.148. The minimum absolute atomic E-state index is 0.0132. The molecule has 4 amide bonds. The quantitative estimate of drug-likeness (QED) is 0.138. The number of hydrogen-bond acceptors (Lipinski definition) is 8. The molecule has 0 saturated carbocycles. The second-order valence-corrected chi connectivity index (χ2v) is 15.2. The van der Waals surface area contributed by atoms with Crippen LogP contribution in [0.4, 0.5) is 0 Å². The number of likely N-dealkylation sites (tertiary alicyclic amines) is 1. The van der Waals surface area contributed by atoms with Crippen LogP contribution in [-0.4, -0.2) is 122 Å². The van der Waals surface area contributed by atoms with Gasteiger partial charge in [-0.05, 0) is 36.8 Å². The number of aliphatic carboxylic acids is 1. The molecule has 0 radical (unpaired) electrons. The van der Waals surface area contributed by atoms with Crippen molar-refractivity contribution in [3.05, 3.63) is 48.0 Å². The van der Waals surface area contributed by atoms with Crippen molar-refractivity contribution in [2.75, 3.05) is 34.9 Å². The number of nitrogens with one attached hydrogen (secondary N) is 3. The van der Waals surface area contributed by atoms with Crippen LogP contribution in [0.5, 0.6) is 0 Å². The molecular weight excluding hydrogens is 678 g/mol. The molecule has 0 aromatic heterocycles. The molecule has 0 aliphatic carbocycles. The van der Waals surface area contributed by atoms with Crippen LogP contribution in [0, 0.1) is 23.7 Å². The van der Waals surface area contributed by atoms with E-state index in [1.807, 2.05) is 59.7 Å². The normalized spacial score (nSPS) is 19.2. The van der Waals surface area contributed by atoms with Crippen LogP contribution in [0.3, 0.4) is 0 Å². The van der Waals surface area contributed by atoms with Crippen LogP contribution in [-0.2, 0) is 39.9 Å². The predicted octanol–water partition coefficient (Wildman–Crippen LogP) is 3.27. The monoisotopic (exact) mass is 743 g/mol. The van der Waals surface area contributed by atoms with Gasteiger partial charge in [0.15, 0.2) is 0 Å². The van der Waals surface area contributed by atoms with E-state index >= 15 is 0 Å². The Morgan fingerprint density at radius 2 is 1.55 bits per heavy atom. The zero-order valence-electron chi connectivity index (χ0n) is 33.7. The van der Waals surface area contributed by atoms with Crippen molar-refractivity contribution in [3.63, 3.8) is 0 Å². The van der Waals surface area contributed by atoms with Gasteiger partial charge in [-0.1, -0.05) is 97.4 Å². The molecule has 1 fully saturated rings. The van der Waals surface area contributed by atoms with Gasteiger partial charge in [-0.15, -0.1) is 0 Å². The molecule has 298 valence electrons. The number of carboxylic acid groups (broad SMARTS) is 1. The van der Waals surface area contributed by atoms with E-state index in [1.54, 1.807) is 43.0 Å². The molecule has 13 heteroatoms. The van der Waals surface area contributed by atoms with Gasteiger partial charge in [0.05, 0.1) is 42.7 Å². The Kier molecular flexibility index (Phi) is 18.1. The molecule has 53 heavy (non-hydrogen) atoms. The number of carbonyl (C=O) groups excluding carboxylic acids is 4. The third-order valence-corrected chi connectivity index (χ3v) is 10.6. The summed E-state index contributed by atoms with van der Waals surface area (Å²) in [6.07, 6.45) is -0.297. The van der Waals surface area contributed by atoms with Crippen molar-refractivity contribution in [2.24, 2.45) is 23.7 Å². The molecule has 2 rings (SSSR count). The van der Waals surface area contributed by atoms with E-state index in [9.17, 15) is 29.1 Å². The summed E-state index contributed by atoms with van der Waals surface area (Å²) in [6, 6.07) is 5.60. The van der Waals surface area contributed by atoms with Crippen LogP contribution in [0.25, 0.3) is 0 Å². The third-order valence-electron chi connectivity index (χ3n) is 10.6. The standard InChI is InChI=1S/C40H65N5O8/c1-13-26(7)35(44(10)39(49)34(24(4)5)43-38(48)33(41-9)23(2)3)31(52-11)21-32(46)45-22-25(6)19-30(45)36(53-12)27(8)37(47)42-29(40(50)51)20-28-17-15-14-16-18-28/h14-18,23-24,26-27,29-31,33-36,41H,6,13,19-22H2,1-5,7-12H3,(H,42,47)(H,43,48)(H,50,51)/t26-,27+,29-,30-,31+,33-,34-,35?,36+/m0/s1. The lowest BCUT2D eigenvalue weighted by Crippen LogP contribution is -2.59. The van der Waals surface area contributed by atoms with Crippen molar-refractivity contribution in [3.8, 4) is 0 Å². The molecule has 0 bridgehead atoms. The van der Waals surface area contributed by atoms with Gasteiger partial charge in [-0.3, -0.25) is 19.2 Å². The van der Waals surface area contributed by atoms with E-state index in [-0.39, 0.29) is 54.9 Å². The topological polar surface area (TPSA) is 167 Å². The summed E-state index contributed by atoms with van der Waals surface area (Å²) in [5.74, 6) is -3.50. The van der Waals surface area contributed by atoms with E-state index < -0.39 is 60.2 Å². The van der Waals surface area contributed by atoms with Crippen LogP contribution >= 0.6 is 0 Å². The minimum Gasteiger partial charge on any atom is -0.480 e. The Bertz CT molecular complexity index is 1390. The number of ether oxygens (including phenoxy) is 2. The highest BCUT2D eigenvalue weighted by Crippen LogP contribution is 2.31. The molecule has 1 heterocycles. The van der Waals surface area contributed by atoms with Gasteiger partial charge in [0.1, 0.15) is 12.1 Å². The number of carboxylic acids is 1. The molecule has 9 atom stereocenters. The van der Waals surface area contributed by atoms with Crippen LogP contribution in [0.1, 0.15) is 73.3 Å². The third kappa shape index (κ3) is 12.1. The number of amides is 4. The molecule has 1 unspecified atom stereocenters. The molecule has 4 N–H and O–H groups in total. The molecule has 1 aromatic carbocycles. The van der Waals surface area contributed by atoms with Gasteiger partial charge in [-0.25, -0.2) is 4.79 Å². The van der Waals surface area contributed by atoms with E-state index in [0.29, 0.717) is 12.8 Å². The highest BCUT2D eigenvalue weighted by molar-refractivity contribution is 5.90. The number of likely N-dealkylation sites (N-methyl/N-ethyl adjacent to an activating group) is 2. The van der Waals surface area contributed by atoms with Gasteiger partial charge in [0.25, 0.3) is 0 Å². The number of nitrogens with zero attached hydrogens (tertiary/aromatic N) is 2. The van der Waals surface area contributed by atoms with Gasteiger partial charge < -0.3 is 40.3 Å². The molecule has 1 saturated heterocycles. The summed E-state index contributed by atoms with van der Waals surface area (Å²) in [5.41, 5.74) is 1.57. The smallest absolute Gasteiger partial charge is 0.326 e. The lowest BCUT2D eigenvalue weighted by Gasteiger charge is -2.41. The van der Waals surface area contributed by atoms with Crippen molar-refractivity contribution >= 4 is 29.6 Å². The summed E-state index contributed by atoms with van der Waals surface area (Å²) in [5, 5.41) is 18.6. The van der Waals surface area contributed by atoms with Crippen molar-refractivity contribution in [1.82, 2.24) is 25.8 Å². The molecule has 13 nitrogen and oxygen atoms in total. The number of methoxy groups -OCH3 is 2. The van der Waals surface area contributed by atoms with Crippen LogP contribution < -0.4 is 16.0 Å². The van der Waals surface area contributed by atoms with Gasteiger partial charge >= 0.3 is 5.97 Å². The van der Waals surface area contributed by atoms with Crippen molar-refractivity contribution in [1.29, 1.82) is 0 Å². The fourth-order valence-electron chi connectivity index (χ4n) is 7.35. The first-order chi connectivity index (χ1) is 24.9. The first-order valence-corrected chi connectivity index (χ1v) is 18.8. The van der Waals surface area contributed by atoms with Gasteiger partial charge in [0, 0.05) is 34.2 Å². The van der Waals surface area contributed by atoms with E-state index in [4.69, 9.17) is 9.47 Å². The SMILES string of the molecule is C=C1C[C@@H]([C@H](OC)[C@@H](C)C(=O)N[C@@H](Cc2ccccc2)C(=O)O)N(C(=O)C[C@@H](OC)C([C@@H](C)CC)N(C)C(=O)[C@@H](NC(=O)[C@@H](NC)C(C)C)C(C)C)C1. The fraction of sp³-hybridized carbons (Fsp3) is 0.675. The summed E-state index contributed by atoms with van der Waals surface area (Å²) in [4.78, 5) is 70.4. The first kappa shape index (κ1) is 45.3. The summed E-state index contributed by atoms with van der Waals surface area (Å²) in [6.45, 7) is 17.7. The molecule has 0 spiro atoms. The van der Waals surface area contributed by atoms with Crippen LogP contribution in [0.2, 0.25) is 0 Å². The number of hydrogen-bond donors (Lipinski definition) is 4. The van der Waals surface area contributed by atoms with Crippen LogP contribution in [0.15, 0.2) is 42.5 Å². The van der Waals surface area contributed by atoms with Crippen molar-refractivity contribution < 1.29 is 38.6 Å². The molecule has 1 aliphatic heterocycles. The largest absolute Gasteiger partial charge is 0.480 e. The average molecular weight is 744 g/mol. The Morgan fingerprint density at radius 3 is 2.04 bits per heavy atom. The van der Waals surface area contributed by atoms with E-state index in [2.05, 4.69) is 22.5 Å². The zero-order valence-corrected chi connectivity index (χ0v) is 33.7. The molecule has 1 aromatic rings. The maximum atomic E-state index is 14.2. The second-order valence-electron chi connectivity index (χ2n) is 15.2. The number of rotatable bonds is 21. The Morgan fingerprint density at radius 1 is 0.943 bits per heavy atom. The highest BCUT2D eigenvalue weighted by Gasteiger charge is 2.44. The highest BCUT2D eigenvalue weighted by atomic mass is 16.5. The summed E-state index contributed by atoms with van der Waals surface area (Å²) in [7, 11) is 6.40. The molecular formula is C40H65N5O8. The summed E-state index contributed by atoms with van der Waals surface area (Å²) >= 11 is 0. The Labute approximate surface area is 316 Å². The Hall–Kier alpha value is -3.81. The Balaban J connectivity index is 2.31. The lowest BCUT2D eigenvalue weighted by atomic mass is 9.89. The predicted molar refractivity (Wildman–Crippen MR) is 205 cm³/mol. The zero-order chi connectivity index (χ0) is 40.2. The average Bonchev–Trinajstić information content (AvgIpc) is 3.50.